The van der Waals surface area contributed by atoms with Gasteiger partial charge in [0.15, 0.2) is 0 Å². The monoisotopic (exact) mass is 269 g/mol. The number of carbonyl (C=O) groups excluding carboxylic acids is 1. The van der Waals surface area contributed by atoms with E-state index < -0.39 is 0 Å². The Morgan fingerprint density at radius 3 is 2.85 bits per heavy atom. The summed E-state index contributed by atoms with van der Waals surface area (Å²) < 4.78 is 1.34. The predicted molar refractivity (Wildman–Crippen MR) is 73.9 cm³/mol. The smallest absolute Gasteiger partial charge is 0.252 e. The SMILES string of the molecule is CC(C)c1ccccc1NC(=O)Cn1cnc(C#N)n1. The van der Waals surface area contributed by atoms with Crippen molar-refractivity contribution < 1.29 is 4.79 Å². The molecule has 20 heavy (non-hydrogen) atoms. The number of aromatic nitrogens is 3. The molecule has 0 bridgehead atoms. The van der Waals surface area contributed by atoms with Gasteiger partial charge in [0, 0.05) is 5.69 Å². The van der Waals surface area contributed by atoms with Gasteiger partial charge in [0.2, 0.25) is 5.91 Å². The molecule has 0 spiro atoms. The molecule has 0 saturated heterocycles. The number of amides is 1. The van der Waals surface area contributed by atoms with Gasteiger partial charge < -0.3 is 5.32 Å². The first-order valence-corrected chi connectivity index (χ1v) is 6.28. The Morgan fingerprint density at radius 2 is 2.20 bits per heavy atom. The Labute approximate surface area is 117 Å². The van der Waals surface area contributed by atoms with E-state index in [1.807, 2.05) is 30.3 Å². The average molecular weight is 269 g/mol. The van der Waals surface area contributed by atoms with Crippen LogP contribution in [0.25, 0.3) is 0 Å². The van der Waals surface area contributed by atoms with Crippen molar-refractivity contribution in [2.24, 2.45) is 0 Å². The van der Waals surface area contributed by atoms with Gasteiger partial charge in [-0.15, -0.1) is 5.10 Å². The van der Waals surface area contributed by atoms with E-state index in [4.69, 9.17) is 5.26 Å². The van der Waals surface area contributed by atoms with Crippen LogP contribution in [-0.2, 0) is 11.3 Å². The molecule has 1 amide bonds. The zero-order valence-corrected chi connectivity index (χ0v) is 11.4. The van der Waals surface area contributed by atoms with E-state index in [0.29, 0.717) is 5.92 Å². The van der Waals surface area contributed by atoms with Crippen molar-refractivity contribution in [3.05, 3.63) is 42.0 Å². The molecule has 0 aliphatic heterocycles. The largest absolute Gasteiger partial charge is 0.324 e. The highest BCUT2D eigenvalue weighted by Gasteiger charge is 2.10. The summed E-state index contributed by atoms with van der Waals surface area (Å²) in [6, 6.07) is 9.51. The van der Waals surface area contributed by atoms with Crippen LogP contribution in [0.2, 0.25) is 0 Å². The predicted octanol–water partition coefficient (Wildman–Crippen LogP) is 1.91. The number of benzene rings is 1. The molecule has 1 N–H and O–H groups in total. The standard InChI is InChI=1S/C14H15N5O/c1-10(2)11-5-3-4-6-12(11)17-14(20)8-19-9-16-13(7-15)18-19/h3-6,9-10H,8H2,1-2H3,(H,17,20). The quantitative estimate of drug-likeness (QED) is 0.919. The number of para-hydroxylation sites is 1. The van der Waals surface area contributed by atoms with Gasteiger partial charge in [0.1, 0.15) is 18.9 Å². The minimum atomic E-state index is -0.201. The summed E-state index contributed by atoms with van der Waals surface area (Å²) in [5.74, 6) is 0.177. The van der Waals surface area contributed by atoms with Crippen LogP contribution in [-0.4, -0.2) is 20.7 Å². The fourth-order valence-electron chi connectivity index (χ4n) is 1.87. The second kappa shape index (κ2) is 5.97. The van der Waals surface area contributed by atoms with Gasteiger partial charge in [-0.05, 0) is 17.5 Å². The molecule has 1 aromatic carbocycles. The lowest BCUT2D eigenvalue weighted by molar-refractivity contribution is -0.116. The molecule has 1 heterocycles. The zero-order chi connectivity index (χ0) is 14.5. The minimum Gasteiger partial charge on any atom is -0.324 e. The van der Waals surface area contributed by atoms with Crippen molar-refractivity contribution in [1.29, 1.82) is 5.26 Å². The second-order valence-electron chi connectivity index (χ2n) is 4.67. The first-order chi connectivity index (χ1) is 9.60. The molecule has 0 fully saturated rings. The van der Waals surface area contributed by atoms with Crippen LogP contribution in [0.1, 0.15) is 31.2 Å². The molecule has 2 aromatic rings. The zero-order valence-electron chi connectivity index (χ0n) is 11.4. The molecule has 6 nitrogen and oxygen atoms in total. The third-order valence-corrected chi connectivity index (χ3v) is 2.80. The molecule has 0 unspecified atom stereocenters. The Morgan fingerprint density at radius 1 is 1.45 bits per heavy atom. The van der Waals surface area contributed by atoms with Crippen LogP contribution < -0.4 is 5.32 Å². The van der Waals surface area contributed by atoms with Crippen LogP contribution in [0.4, 0.5) is 5.69 Å². The maximum absolute atomic E-state index is 12.0. The van der Waals surface area contributed by atoms with E-state index in [2.05, 4.69) is 29.2 Å². The van der Waals surface area contributed by atoms with Crippen LogP contribution in [0.15, 0.2) is 30.6 Å². The Bertz CT molecular complexity index is 654. The lowest BCUT2D eigenvalue weighted by Crippen LogP contribution is -2.20. The maximum atomic E-state index is 12.0. The normalized spacial score (nSPS) is 10.3. The van der Waals surface area contributed by atoms with Crippen LogP contribution in [0.5, 0.6) is 0 Å². The fraction of sp³-hybridized carbons (Fsp3) is 0.286. The highest BCUT2D eigenvalue weighted by molar-refractivity contribution is 5.91. The van der Waals surface area contributed by atoms with E-state index in [-0.39, 0.29) is 18.3 Å². The number of hydrogen-bond acceptors (Lipinski definition) is 4. The van der Waals surface area contributed by atoms with Crippen molar-refractivity contribution in [1.82, 2.24) is 14.8 Å². The van der Waals surface area contributed by atoms with E-state index in [1.165, 1.54) is 11.0 Å². The summed E-state index contributed by atoms with van der Waals surface area (Å²) in [4.78, 5) is 15.7. The van der Waals surface area contributed by atoms with Crippen molar-refractivity contribution in [3.63, 3.8) is 0 Å². The first kappa shape index (κ1) is 13.7. The summed E-state index contributed by atoms with van der Waals surface area (Å²) >= 11 is 0. The van der Waals surface area contributed by atoms with Gasteiger partial charge in [-0.3, -0.25) is 4.79 Å². The number of nitrogens with zero attached hydrogens (tertiary/aromatic N) is 4. The third kappa shape index (κ3) is 3.20. The number of rotatable bonds is 4. The summed E-state index contributed by atoms with van der Waals surface area (Å²) in [6.07, 6.45) is 1.37. The van der Waals surface area contributed by atoms with Crippen molar-refractivity contribution in [3.8, 4) is 6.07 Å². The lowest BCUT2D eigenvalue weighted by Gasteiger charge is -2.13. The summed E-state index contributed by atoms with van der Waals surface area (Å²) in [5, 5.41) is 15.3. The molecule has 0 aliphatic rings. The number of carbonyl (C=O) groups is 1. The highest BCUT2D eigenvalue weighted by Crippen LogP contribution is 2.23. The number of hydrogen-bond donors (Lipinski definition) is 1. The first-order valence-electron chi connectivity index (χ1n) is 6.28. The Balaban J connectivity index is 2.07. The van der Waals surface area contributed by atoms with Crippen molar-refractivity contribution in [2.75, 3.05) is 5.32 Å². The third-order valence-electron chi connectivity index (χ3n) is 2.80. The molecule has 0 atom stereocenters. The van der Waals surface area contributed by atoms with Gasteiger partial charge in [0.05, 0.1) is 0 Å². The molecule has 6 heteroatoms. The molecular formula is C14H15N5O. The maximum Gasteiger partial charge on any atom is 0.252 e. The average Bonchev–Trinajstić information content (AvgIpc) is 2.86. The van der Waals surface area contributed by atoms with E-state index in [0.717, 1.165) is 11.3 Å². The topological polar surface area (TPSA) is 83.6 Å². The van der Waals surface area contributed by atoms with Gasteiger partial charge >= 0.3 is 0 Å². The molecule has 0 saturated carbocycles. The summed E-state index contributed by atoms with van der Waals surface area (Å²) in [6.45, 7) is 4.17. The van der Waals surface area contributed by atoms with Crippen molar-refractivity contribution in [2.45, 2.75) is 26.3 Å². The highest BCUT2D eigenvalue weighted by atomic mass is 16.2. The fourth-order valence-corrected chi connectivity index (χ4v) is 1.87. The van der Waals surface area contributed by atoms with Crippen molar-refractivity contribution >= 4 is 11.6 Å². The summed E-state index contributed by atoms with van der Waals surface area (Å²) in [7, 11) is 0. The van der Waals surface area contributed by atoms with Crippen LogP contribution >= 0.6 is 0 Å². The minimum absolute atomic E-state index is 0.0289. The second-order valence-corrected chi connectivity index (χ2v) is 4.67. The molecule has 102 valence electrons. The van der Waals surface area contributed by atoms with Gasteiger partial charge in [0.25, 0.3) is 5.82 Å². The van der Waals surface area contributed by atoms with Gasteiger partial charge in [-0.25, -0.2) is 9.67 Å². The van der Waals surface area contributed by atoms with Crippen LogP contribution in [0.3, 0.4) is 0 Å². The number of anilines is 1. The van der Waals surface area contributed by atoms with E-state index in [9.17, 15) is 4.79 Å². The molecule has 2 rings (SSSR count). The van der Waals surface area contributed by atoms with Gasteiger partial charge in [-0.2, -0.15) is 5.26 Å². The molecule has 1 aromatic heterocycles. The number of nitriles is 1. The molecular weight excluding hydrogens is 254 g/mol. The lowest BCUT2D eigenvalue weighted by atomic mass is 10.0. The molecule has 0 radical (unpaired) electrons. The van der Waals surface area contributed by atoms with Gasteiger partial charge in [-0.1, -0.05) is 32.0 Å². The van der Waals surface area contributed by atoms with Crippen LogP contribution in [0, 0.1) is 11.3 Å². The van der Waals surface area contributed by atoms with E-state index >= 15 is 0 Å². The summed E-state index contributed by atoms with van der Waals surface area (Å²) in [5.41, 5.74) is 1.88. The molecule has 0 aliphatic carbocycles. The Hall–Kier alpha value is -2.68. The number of nitrogens with one attached hydrogen (secondary N) is 1. The van der Waals surface area contributed by atoms with E-state index in [1.54, 1.807) is 0 Å². The Kier molecular flexibility index (Phi) is 4.11.